The van der Waals surface area contributed by atoms with Gasteiger partial charge in [0.05, 0.1) is 0 Å². The second kappa shape index (κ2) is 5.51. The molecule has 0 atom stereocenters. The normalized spacial score (nSPS) is 10.5. The van der Waals surface area contributed by atoms with E-state index in [0.29, 0.717) is 5.56 Å². The molecule has 0 spiro atoms. The second-order valence-corrected chi connectivity index (χ2v) is 5.75. The van der Waals surface area contributed by atoms with Gasteiger partial charge in [-0.05, 0) is 17.2 Å². The summed E-state index contributed by atoms with van der Waals surface area (Å²) in [4.78, 5) is 13.7. The maximum Gasteiger partial charge on any atom is 0.196 e. The molecule has 0 fully saturated rings. The summed E-state index contributed by atoms with van der Waals surface area (Å²) < 4.78 is 0.974. The zero-order valence-electron chi connectivity index (χ0n) is 11.5. The van der Waals surface area contributed by atoms with E-state index in [1.54, 1.807) is 23.5 Å². The van der Waals surface area contributed by atoms with Crippen LogP contribution in [0.3, 0.4) is 0 Å². The Labute approximate surface area is 127 Å². The van der Waals surface area contributed by atoms with Gasteiger partial charge in [0.15, 0.2) is 5.43 Å². The van der Waals surface area contributed by atoms with E-state index in [0.717, 1.165) is 26.1 Å². The predicted molar refractivity (Wildman–Crippen MR) is 93.7 cm³/mol. The van der Waals surface area contributed by atoms with Gasteiger partial charge in [-0.1, -0.05) is 67.8 Å². The molecule has 0 radical (unpaired) electrons. The van der Waals surface area contributed by atoms with Crippen molar-refractivity contribution in [1.82, 2.24) is 0 Å². The summed E-state index contributed by atoms with van der Waals surface area (Å²) in [5.41, 5.74) is 2.67. The number of benzene rings is 2. The molecule has 0 aliphatic heterocycles. The average molecular weight is 290 g/mol. The Kier molecular flexibility index (Phi) is 3.55. The Bertz CT molecular complexity index is 889. The highest BCUT2D eigenvalue weighted by Crippen LogP contribution is 2.31. The second-order valence-electron chi connectivity index (χ2n) is 4.66. The van der Waals surface area contributed by atoms with Gasteiger partial charge >= 0.3 is 0 Å². The van der Waals surface area contributed by atoms with E-state index < -0.39 is 0 Å². The van der Waals surface area contributed by atoms with Crippen molar-refractivity contribution in [2.45, 2.75) is 0 Å². The summed E-state index contributed by atoms with van der Waals surface area (Å²) in [7, 11) is 0. The van der Waals surface area contributed by atoms with Crippen LogP contribution >= 0.6 is 11.3 Å². The highest BCUT2D eigenvalue weighted by atomic mass is 32.1. The van der Waals surface area contributed by atoms with Crippen LogP contribution in [-0.2, 0) is 0 Å². The molecule has 0 saturated heterocycles. The van der Waals surface area contributed by atoms with Crippen molar-refractivity contribution in [2.75, 3.05) is 0 Å². The van der Waals surface area contributed by atoms with E-state index in [4.69, 9.17) is 0 Å². The van der Waals surface area contributed by atoms with Crippen LogP contribution in [0.4, 0.5) is 0 Å². The molecular formula is C19H14OS. The van der Waals surface area contributed by atoms with Gasteiger partial charge in [0.2, 0.25) is 0 Å². The minimum Gasteiger partial charge on any atom is -0.288 e. The zero-order valence-corrected chi connectivity index (χ0v) is 12.3. The molecule has 0 aliphatic rings. The first-order chi connectivity index (χ1) is 10.3. The highest BCUT2D eigenvalue weighted by Gasteiger charge is 2.12. The monoisotopic (exact) mass is 290 g/mol. The molecule has 3 aromatic rings. The van der Waals surface area contributed by atoms with Crippen molar-refractivity contribution < 1.29 is 0 Å². The molecule has 1 heterocycles. The third kappa shape index (κ3) is 2.24. The van der Waals surface area contributed by atoms with Crippen LogP contribution < -0.4 is 5.43 Å². The lowest BCUT2D eigenvalue weighted by atomic mass is 10.0. The standard InChI is InChI=1S/C19H14OS/c1-3-14-16(4-2)21-17-12-8-11-15(18(17)19(14)20)13-9-6-5-7-10-13/h3-12H,1-2H2. The van der Waals surface area contributed by atoms with Crippen LogP contribution in [0.1, 0.15) is 10.4 Å². The fourth-order valence-electron chi connectivity index (χ4n) is 2.47. The third-order valence-electron chi connectivity index (χ3n) is 3.46. The average Bonchev–Trinajstić information content (AvgIpc) is 2.54. The van der Waals surface area contributed by atoms with Crippen molar-refractivity contribution >= 4 is 33.6 Å². The van der Waals surface area contributed by atoms with E-state index in [-0.39, 0.29) is 5.43 Å². The smallest absolute Gasteiger partial charge is 0.196 e. The minimum atomic E-state index is 0.0214. The van der Waals surface area contributed by atoms with Crippen LogP contribution in [0.2, 0.25) is 0 Å². The van der Waals surface area contributed by atoms with Crippen LogP contribution in [-0.4, -0.2) is 0 Å². The van der Waals surface area contributed by atoms with Gasteiger partial charge < -0.3 is 0 Å². The van der Waals surface area contributed by atoms with E-state index in [1.807, 2.05) is 48.5 Å². The minimum absolute atomic E-state index is 0.0214. The number of rotatable bonds is 3. The first-order valence-corrected chi connectivity index (χ1v) is 7.48. The Morgan fingerprint density at radius 1 is 0.905 bits per heavy atom. The molecule has 0 unspecified atom stereocenters. The molecule has 0 saturated carbocycles. The predicted octanol–water partition coefficient (Wildman–Crippen LogP) is 5.21. The molecule has 1 nitrogen and oxygen atoms in total. The van der Waals surface area contributed by atoms with Gasteiger partial charge in [0.1, 0.15) is 0 Å². The SMILES string of the molecule is C=Cc1sc2cccc(-c3ccccc3)c2c(=O)c1C=C. The maximum atomic E-state index is 12.8. The molecule has 2 aromatic carbocycles. The Balaban J connectivity index is 2.47. The lowest BCUT2D eigenvalue weighted by Crippen LogP contribution is -2.07. The molecule has 0 aliphatic carbocycles. The molecule has 2 heteroatoms. The van der Waals surface area contributed by atoms with Crippen molar-refractivity contribution in [3.8, 4) is 11.1 Å². The van der Waals surface area contributed by atoms with Crippen LogP contribution in [0.15, 0.2) is 66.5 Å². The van der Waals surface area contributed by atoms with Gasteiger partial charge in [-0.2, -0.15) is 0 Å². The Morgan fingerprint density at radius 3 is 2.33 bits per heavy atom. The molecule has 0 bridgehead atoms. The third-order valence-corrected chi connectivity index (χ3v) is 4.62. The Morgan fingerprint density at radius 2 is 1.67 bits per heavy atom. The topological polar surface area (TPSA) is 17.1 Å². The number of fused-ring (bicyclic) bond motifs is 1. The molecule has 0 N–H and O–H groups in total. The molecular weight excluding hydrogens is 276 g/mol. The van der Waals surface area contributed by atoms with Crippen molar-refractivity contribution in [3.05, 3.63) is 82.4 Å². The Hall–Kier alpha value is -2.45. The molecule has 0 amide bonds. The van der Waals surface area contributed by atoms with Gasteiger partial charge in [-0.3, -0.25) is 4.79 Å². The van der Waals surface area contributed by atoms with Gasteiger partial charge in [-0.25, -0.2) is 0 Å². The zero-order chi connectivity index (χ0) is 14.8. The first kappa shape index (κ1) is 13.5. The summed E-state index contributed by atoms with van der Waals surface area (Å²) in [5, 5.41) is 0.759. The van der Waals surface area contributed by atoms with E-state index in [9.17, 15) is 4.79 Å². The molecule has 1 aromatic heterocycles. The van der Waals surface area contributed by atoms with Crippen molar-refractivity contribution in [2.24, 2.45) is 0 Å². The lowest BCUT2D eigenvalue weighted by molar-refractivity contribution is 1.62. The van der Waals surface area contributed by atoms with Crippen LogP contribution in [0.25, 0.3) is 33.4 Å². The van der Waals surface area contributed by atoms with E-state index >= 15 is 0 Å². The first-order valence-electron chi connectivity index (χ1n) is 6.66. The van der Waals surface area contributed by atoms with Crippen LogP contribution in [0.5, 0.6) is 0 Å². The maximum absolute atomic E-state index is 12.8. The summed E-state index contributed by atoms with van der Waals surface area (Å²) in [6, 6.07) is 15.9. The molecule has 102 valence electrons. The fourth-order valence-corrected chi connectivity index (χ4v) is 3.53. The fraction of sp³-hybridized carbons (Fsp3) is 0. The van der Waals surface area contributed by atoms with Crippen molar-refractivity contribution in [3.63, 3.8) is 0 Å². The largest absolute Gasteiger partial charge is 0.288 e. The summed E-state index contributed by atoms with van der Waals surface area (Å²) >= 11 is 1.57. The number of hydrogen-bond acceptors (Lipinski definition) is 2. The summed E-state index contributed by atoms with van der Waals surface area (Å²) in [6.45, 7) is 7.56. The molecule has 3 rings (SSSR count). The molecule has 21 heavy (non-hydrogen) atoms. The summed E-state index contributed by atoms with van der Waals surface area (Å²) in [5.74, 6) is 0. The lowest BCUT2D eigenvalue weighted by Gasteiger charge is -2.08. The van der Waals surface area contributed by atoms with Gasteiger partial charge in [0.25, 0.3) is 0 Å². The van der Waals surface area contributed by atoms with E-state index in [2.05, 4.69) is 13.2 Å². The summed E-state index contributed by atoms with van der Waals surface area (Å²) in [6.07, 6.45) is 3.34. The van der Waals surface area contributed by atoms with Crippen LogP contribution in [0, 0.1) is 0 Å². The van der Waals surface area contributed by atoms with Gasteiger partial charge in [-0.15, -0.1) is 11.3 Å². The van der Waals surface area contributed by atoms with E-state index in [1.165, 1.54) is 0 Å². The van der Waals surface area contributed by atoms with Gasteiger partial charge in [0, 0.05) is 20.5 Å². The van der Waals surface area contributed by atoms with Crippen molar-refractivity contribution in [1.29, 1.82) is 0 Å². The quantitative estimate of drug-likeness (QED) is 0.646. The number of hydrogen-bond donors (Lipinski definition) is 0. The highest BCUT2D eigenvalue weighted by molar-refractivity contribution is 7.19.